The minimum atomic E-state index is -0.711. The van der Waals surface area contributed by atoms with Gasteiger partial charge in [-0.1, -0.05) is 6.92 Å². The van der Waals surface area contributed by atoms with Gasteiger partial charge in [0, 0.05) is 6.54 Å². The predicted octanol–water partition coefficient (Wildman–Crippen LogP) is 0.812. The third-order valence-corrected chi connectivity index (χ3v) is 4.56. The average Bonchev–Trinajstić information content (AvgIpc) is 2.48. The molecule has 0 aromatic rings. The highest BCUT2D eigenvalue weighted by molar-refractivity contribution is 5.77. The first kappa shape index (κ1) is 15.7. The Morgan fingerprint density at radius 3 is 2.60 bits per heavy atom. The zero-order valence-corrected chi connectivity index (χ0v) is 12.5. The Morgan fingerprint density at radius 2 is 1.95 bits per heavy atom. The second-order valence-electron chi connectivity index (χ2n) is 6.44. The summed E-state index contributed by atoms with van der Waals surface area (Å²) in [6, 6.07) is 0. The fourth-order valence-electron chi connectivity index (χ4n) is 2.95. The molecule has 1 aliphatic carbocycles. The molecule has 0 unspecified atom stereocenters. The molecule has 1 saturated carbocycles. The van der Waals surface area contributed by atoms with Gasteiger partial charge in [-0.2, -0.15) is 0 Å². The summed E-state index contributed by atoms with van der Waals surface area (Å²) in [5.74, 6) is 0.574. The summed E-state index contributed by atoms with van der Waals surface area (Å²) < 4.78 is 5.60. The number of hydrogen-bond acceptors (Lipinski definition) is 4. The lowest BCUT2D eigenvalue weighted by Gasteiger charge is -2.35. The van der Waals surface area contributed by atoms with Crippen LogP contribution in [0.4, 0.5) is 0 Å². The van der Waals surface area contributed by atoms with Crippen LogP contribution in [0.1, 0.15) is 45.4 Å². The van der Waals surface area contributed by atoms with E-state index in [1.807, 2.05) is 0 Å². The van der Waals surface area contributed by atoms with Crippen molar-refractivity contribution in [2.45, 2.75) is 57.2 Å². The Balaban J connectivity index is 1.62. The Hall–Kier alpha value is -0.650. The van der Waals surface area contributed by atoms with Crippen LogP contribution in [0.5, 0.6) is 0 Å². The van der Waals surface area contributed by atoms with Gasteiger partial charge in [0.2, 0.25) is 5.91 Å². The van der Waals surface area contributed by atoms with Crippen molar-refractivity contribution < 1.29 is 14.6 Å². The van der Waals surface area contributed by atoms with Gasteiger partial charge in [0.25, 0.3) is 0 Å². The summed E-state index contributed by atoms with van der Waals surface area (Å²) >= 11 is 0. The maximum atomic E-state index is 11.8. The number of ether oxygens (including phenoxy) is 1. The molecule has 5 heteroatoms. The molecule has 1 amide bonds. The van der Waals surface area contributed by atoms with Crippen LogP contribution in [-0.2, 0) is 9.53 Å². The number of rotatable bonds is 5. The highest BCUT2D eigenvalue weighted by Crippen LogP contribution is 2.31. The van der Waals surface area contributed by atoms with Crippen LogP contribution in [-0.4, -0.2) is 49.0 Å². The lowest BCUT2D eigenvalue weighted by atomic mass is 9.79. The molecule has 5 nitrogen and oxygen atoms in total. The number of carbonyl (C=O) groups excluding carboxylic acids is 1. The fourth-order valence-corrected chi connectivity index (χ4v) is 2.95. The summed E-state index contributed by atoms with van der Waals surface area (Å²) in [7, 11) is 0. The smallest absolute Gasteiger partial charge is 0.246 e. The van der Waals surface area contributed by atoms with E-state index < -0.39 is 5.60 Å². The van der Waals surface area contributed by atoms with Crippen LogP contribution in [0, 0.1) is 5.92 Å². The molecule has 0 aromatic carbocycles. The second-order valence-corrected chi connectivity index (χ2v) is 6.44. The van der Waals surface area contributed by atoms with Gasteiger partial charge >= 0.3 is 0 Å². The molecule has 3 N–H and O–H groups in total. The van der Waals surface area contributed by atoms with Crippen molar-refractivity contribution in [3.8, 4) is 0 Å². The third-order valence-electron chi connectivity index (χ3n) is 4.56. The summed E-state index contributed by atoms with van der Waals surface area (Å²) in [6.45, 7) is 4.60. The SMILES string of the molecule is CC1CCC(O)(CNC(=O)COC2CCNCC2)CC1. The van der Waals surface area contributed by atoms with Gasteiger partial charge in [0.1, 0.15) is 6.61 Å². The zero-order chi connectivity index (χ0) is 14.4. The highest BCUT2D eigenvalue weighted by atomic mass is 16.5. The topological polar surface area (TPSA) is 70.6 Å². The van der Waals surface area contributed by atoms with E-state index in [9.17, 15) is 9.90 Å². The Bertz CT molecular complexity index is 308. The average molecular weight is 284 g/mol. The largest absolute Gasteiger partial charge is 0.388 e. The summed E-state index contributed by atoms with van der Waals surface area (Å²) in [4.78, 5) is 11.8. The standard InChI is InChI=1S/C15H28N2O3/c1-12-2-6-15(19,7-3-12)11-17-14(18)10-20-13-4-8-16-9-5-13/h12-13,16,19H,2-11H2,1H3,(H,17,18). The van der Waals surface area contributed by atoms with Gasteiger partial charge in [-0.15, -0.1) is 0 Å². The van der Waals surface area contributed by atoms with E-state index in [2.05, 4.69) is 17.6 Å². The molecule has 0 radical (unpaired) electrons. The molecule has 0 aromatic heterocycles. The van der Waals surface area contributed by atoms with Gasteiger partial charge in [-0.25, -0.2) is 0 Å². The summed E-state index contributed by atoms with van der Waals surface area (Å²) in [6.07, 6.45) is 5.77. The van der Waals surface area contributed by atoms with Crippen molar-refractivity contribution in [1.29, 1.82) is 0 Å². The first-order valence-electron chi connectivity index (χ1n) is 7.89. The Labute approximate surface area is 121 Å². The van der Waals surface area contributed by atoms with Crippen molar-refractivity contribution >= 4 is 5.91 Å². The van der Waals surface area contributed by atoms with Crippen LogP contribution < -0.4 is 10.6 Å². The molecule has 1 aliphatic heterocycles. The van der Waals surface area contributed by atoms with Gasteiger partial charge in [0.05, 0.1) is 11.7 Å². The van der Waals surface area contributed by atoms with Crippen molar-refractivity contribution in [3.63, 3.8) is 0 Å². The predicted molar refractivity (Wildman–Crippen MR) is 77.4 cm³/mol. The van der Waals surface area contributed by atoms with Gasteiger partial charge in [-0.05, 0) is 57.5 Å². The van der Waals surface area contributed by atoms with Gasteiger partial charge in [0.15, 0.2) is 0 Å². The zero-order valence-electron chi connectivity index (χ0n) is 12.5. The first-order chi connectivity index (χ1) is 9.57. The molecule has 2 rings (SSSR count). The van der Waals surface area contributed by atoms with E-state index in [0.29, 0.717) is 12.5 Å². The molecule has 2 aliphatic rings. The fraction of sp³-hybridized carbons (Fsp3) is 0.933. The number of piperidine rings is 1. The van der Waals surface area contributed by atoms with Crippen molar-refractivity contribution in [3.05, 3.63) is 0 Å². The van der Waals surface area contributed by atoms with Crippen LogP contribution >= 0.6 is 0 Å². The van der Waals surface area contributed by atoms with Crippen LogP contribution in [0.25, 0.3) is 0 Å². The maximum absolute atomic E-state index is 11.8. The highest BCUT2D eigenvalue weighted by Gasteiger charge is 2.32. The summed E-state index contributed by atoms with van der Waals surface area (Å²) in [5.41, 5.74) is -0.711. The molecule has 2 fully saturated rings. The lowest BCUT2D eigenvalue weighted by Crippen LogP contribution is -2.46. The van der Waals surface area contributed by atoms with E-state index in [4.69, 9.17) is 4.74 Å². The minimum absolute atomic E-state index is 0.108. The number of carbonyl (C=O) groups is 1. The van der Waals surface area contributed by atoms with Crippen LogP contribution in [0.3, 0.4) is 0 Å². The van der Waals surface area contributed by atoms with Crippen LogP contribution in [0.15, 0.2) is 0 Å². The molecular formula is C15H28N2O3. The molecule has 0 spiro atoms. The molecular weight excluding hydrogens is 256 g/mol. The lowest BCUT2D eigenvalue weighted by molar-refractivity contribution is -0.129. The first-order valence-corrected chi connectivity index (χ1v) is 7.89. The minimum Gasteiger partial charge on any atom is -0.388 e. The number of amides is 1. The molecule has 116 valence electrons. The van der Waals surface area contributed by atoms with E-state index in [-0.39, 0.29) is 18.6 Å². The molecule has 20 heavy (non-hydrogen) atoms. The monoisotopic (exact) mass is 284 g/mol. The van der Waals surface area contributed by atoms with E-state index in [1.54, 1.807) is 0 Å². The Morgan fingerprint density at radius 1 is 1.30 bits per heavy atom. The third kappa shape index (κ3) is 5.04. The Kier molecular flexibility index (Phi) is 5.81. The number of nitrogens with one attached hydrogen (secondary N) is 2. The summed E-state index contributed by atoms with van der Waals surface area (Å²) in [5, 5.41) is 16.5. The normalized spacial score (nSPS) is 32.0. The quantitative estimate of drug-likeness (QED) is 0.699. The van der Waals surface area contributed by atoms with E-state index in [0.717, 1.165) is 51.6 Å². The maximum Gasteiger partial charge on any atom is 0.246 e. The van der Waals surface area contributed by atoms with Crippen molar-refractivity contribution in [1.82, 2.24) is 10.6 Å². The van der Waals surface area contributed by atoms with Crippen LogP contribution in [0.2, 0.25) is 0 Å². The molecule has 1 heterocycles. The van der Waals surface area contributed by atoms with Gasteiger partial charge in [-0.3, -0.25) is 4.79 Å². The molecule has 0 bridgehead atoms. The number of hydrogen-bond donors (Lipinski definition) is 3. The molecule has 0 atom stereocenters. The molecule has 1 saturated heterocycles. The van der Waals surface area contributed by atoms with E-state index in [1.165, 1.54) is 0 Å². The van der Waals surface area contributed by atoms with Gasteiger partial charge < -0.3 is 20.5 Å². The van der Waals surface area contributed by atoms with Crippen molar-refractivity contribution in [2.75, 3.05) is 26.2 Å². The second kappa shape index (κ2) is 7.38. The number of aliphatic hydroxyl groups is 1. The van der Waals surface area contributed by atoms with E-state index >= 15 is 0 Å². The van der Waals surface area contributed by atoms with Crippen molar-refractivity contribution in [2.24, 2.45) is 5.92 Å².